The summed E-state index contributed by atoms with van der Waals surface area (Å²) in [5.74, 6) is -0.486. The van der Waals surface area contributed by atoms with Crippen molar-refractivity contribution in [2.24, 2.45) is 0 Å². The van der Waals surface area contributed by atoms with Crippen molar-refractivity contribution < 1.29 is 8.78 Å². The molecule has 0 radical (unpaired) electrons. The fourth-order valence-electron chi connectivity index (χ4n) is 2.24. The molecule has 0 saturated heterocycles. The van der Waals surface area contributed by atoms with Crippen LogP contribution < -0.4 is 5.32 Å². The minimum Gasteiger partial charge on any atom is -0.310 e. The van der Waals surface area contributed by atoms with Gasteiger partial charge in [0.1, 0.15) is 11.6 Å². The summed E-state index contributed by atoms with van der Waals surface area (Å²) in [5.41, 5.74) is 0.935. The molecule has 0 aliphatic rings. The second kappa shape index (κ2) is 5.55. The zero-order valence-corrected chi connectivity index (χ0v) is 12.5. The van der Waals surface area contributed by atoms with Gasteiger partial charge in [-0.05, 0) is 23.6 Å². The molecule has 0 bridgehead atoms. The number of fused-ring (bicyclic) bond motifs is 1. The van der Waals surface area contributed by atoms with E-state index in [1.54, 1.807) is 0 Å². The Hall–Kier alpha value is -1.00. The highest BCUT2D eigenvalue weighted by molar-refractivity contribution is 7.19. The predicted octanol–water partition coefficient (Wildman–Crippen LogP) is 4.80. The number of hydrogen-bond acceptors (Lipinski definition) is 2. The first-order valence-corrected chi connectivity index (χ1v) is 7.36. The van der Waals surface area contributed by atoms with Crippen molar-refractivity contribution in [3.05, 3.63) is 34.2 Å². The zero-order chi connectivity index (χ0) is 14.2. The molecule has 0 fully saturated rings. The lowest BCUT2D eigenvalue weighted by atomic mass is 9.99. The highest BCUT2D eigenvalue weighted by Crippen LogP contribution is 2.38. The van der Waals surface area contributed by atoms with Crippen LogP contribution in [0.2, 0.25) is 0 Å². The zero-order valence-electron chi connectivity index (χ0n) is 11.7. The van der Waals surface area contributed by atoms with Crippen molar-refractivity contribution in [3.8, 4) is 0 Å². The summed E-state index contributed by atoms with van der Waals surface area (Å²) < 4.78 is 28.3. The molecule has 0 aliphatic heterocycles. The fourth-order valence-corrected chi connectivity index (χ4v) is 3.57. The normalized spacial score (nSPS) is 12.0. The van der Waals surface area contributed by atoms with Crippen LogP contribution >= 0.6 is 11.3 Å². The first kappa shape index (κ1) is 14.4. The first-order valence-electron chi connectivity index (χ1n) is 6.54. The van der Waals surface area contributed by atoms with E-state index in [-0.39, 0.29) is 17.6 Å². The first-order chi connectivity index (χ1) is 8.91. The Balaban J connectivity index is 2.60. The van der Waals surface area contributed by atoms with Gasteiger partial charge in [-0.3, -0.25) is 0 Å². The maximum atomic E-state index is 14.0. The summed E-state index contributed by atoms with van der Waals surface area (Å²) in [6.45, 7) is 8.81. The molecule has 19 heavy (non-hydrogen) atoms. The minimum absolute atomic E-state index is 0.175. The Morgan fingerprint density at radius 3 is 2.32 bits per heavy atom. The third kappa shape index (κ3) is 2.79. The van der Waals surface area contributed by atoms with Crippen LogP contribution in [-0.4, -0.2) is 6.04 Å². The van der Waals surface area contributed by atoms with Crippen LogP contribution in [0, 0.1) is 11.6 Å². The van der Waals surface area contributed by atoms with Crippen LogP contribution in [-0.2, 0) is 6.54 Å². The van der Waals surface area contributed by atoms with Crippen LogP contribution in [0.1, 0.15) is 44.1 Å². The van der Waals surface area contributed by atoms with Crippen molar-refractivity contribution in [3.63, 3.8) is 0 Å². The molecule has 0 spiro atoms. The molecule has 4 heteroatoms. The lowest BCUT2D eigenvalue weighted by molar-refractivity contribution is 0.589. The predicted molar refractivity (Wildman–Crippen MR) is 77.8 cm³/mol. The molecule has 2 aromatic rings. The molecular formula is C15H19F2NS. The SMILES string of the molecule is CC(C)NCc1sc2c(F)ccc(F)c2c1C(C)C. The molecule has 0 atom stereocenters. The molecule has 1 N–H and O–H groups in total. The smallest absolute Gasteiger partial charge is 0.141 e. The van der Waals surface area contributed by atoms with E-state index < -0.39 is 0 Å². The van der Waals surface area contributed by atoms with Crippen LogP contribution in [0.3, 0.4) is 0 Å². The third-order valence-corrected chi connectivity index (χ3v) is 4.32. The summed E-state index contributed by atoms with van der Waals surface area (Å²) in [7, 11) is 0. The van der Waals surface area contributed by atoms with Crippen molar-refractivity contribution >= 4 is 21.4 Å². The highest BCUT2D eigenvalue weighted by atomic mass is 32.1. The monoisotopic (exact) mass is 283 g/mol. The quantitative estimate of drug-likeness (QED) is 0.849. The van der Waals surface area contributed by atoms with Gasteiger partial charge in [0.15, 0.2) is 0 Å². The summed E-state index contributed by atoms with van der Waals surface area (Å²) in [6.07, 6.45) is 0. The number of thiophene rings is 1. The fraction of sp³-hybridized carbons (Fsp3) is 0.467. The second-order valence-electron chi connectivity index (χ2n) is 5.36. The number of benzene rings is 1. The van der Waals surface area contributed by atoms with E-state index in [0.717, 1.165) is 10.4 Å². The standard InChI is InChI=1S/C15H19F2NS/c1-8(2)13-12(7-18-9(3)4)19-15-11(17)6-5-10(16)14(13)15/h5-6,8-9,18H,7H2,1-4H3. The molecule has 0 aliphatic carbocycles. The number of hydrogen-bond donors (Lipinski definition) is 1. The molecule has 104 valence electrons. The molecule has 1 heterocycles. The molecular weight excluding hydrogens is 264 g/mol. The lowest BCUT2D eigenvalue weighted by Gasteiger charge is -2.11. The van der Waals surface area contributed by atoms with Gasteiger partial charge in [0.2, 0.25) is 0 Å². The van der Waals surface area contributed by atoms with Crippen LogP contribution in [0.5, 0.6) is 0 Å². The second-order valence-corrected chi connectivity index (χ2v) is 6.47. The number of halogens is 2. The molecule has 1 aromatic carbocycles. The van der Waals surface area contributed by atoms with Crippen LogP contribution in [0.15, 0.2) is 12.1 Å². The van der Waals surface area contributed by atoms with Gasteiger partial charge >= 0.3 is 0 Å². The Morgan fingerprint density at radius 1 is 1.11 bits per heavy atom. The summed E-state index contributed by atoms with van der Waals surface area (Å²) >= 11 is 1.36. The summed E-state index contributed by atoms with van der Waals surface area (Å²) in [4.78, 5) is 1.03. The maximum absolute atomic E-state index is 14.0. The maximum Gasteiger partial charge on any atom is 0.141 e. The van der Waals surface area contributed by atoms with Crippen molar-refractivity contribution in [2.45, 2.75) is 46.2 Å². The highest BCUT2D eigenvalue weighted by Gasteiger charge is 2.20. The van der Waals surface area contributed by atoms with Crippen LogP contribution in [0.25, 0.3) is 10.1 Å². The number of nitrogens with one attached hydrogen (secondary N) is 1. The van der Waals surface area contributed by atoms with Gasteiger partial charge in [0.05, 0.1) is 4.70 Å². The summed E-state index contributed by atoms with van der Waals surface area (Å²) in [6, 6.07) is 2.77. The van der Waals surface area contributed by atoms with Gasteiger partial charge < -0.3 is 5.32 Å². The van der Waals surface area contributed by atoms with Gasteiger partial charge in [-0.2, -0.15) is 0 Å². The Kier molecular flexibility index (Phi) is 4.21. The molecule has 1 nitrogen and oxygen atoms in total. The van der Waals surface area contributed by atoms with Gasteiger partial charge in [-0.15, -0.1) is 11.3 Å². The van der Waals surface area contributed by atoms with E-state index in [4.69, 9.17) is 0 Å². The van der Waals surface area contributed by atoms with E-state index in [2.05, 4.69) is 19.2 Å². The largest absolute Gasteiger partial charge is 0.310 e. The van der Waals surface area contributed by atoms with Crippen molar-refractivity contribution in [1.82, 2.24) is 5.32 Å². The third-order valence-electron chi connectivity index (χ3n) is 3.10. The van der Waals surface area contributed by atoms with E-state index in [1.807, 2.05) is 13.8 Å². The van der Waals surface area contributed by atoms with E-state index in [0.29, 0.717) is 22.7 Å². The molecule has 0 amide bonds. The van der Waals surface area contributed by atoms with Crippen molar-refractivity contribution in [2.75, 3.05) is 0 Å². The van der Waals surface area contributed by atoms with Gasteiger partial charge in [-0.1, -0.05) is 27.7 Å². The van der Waals surface area contributed by atoms with Gasteiger partial charge in [-0.25, -0.2) is 8.78 Å². The van der Waals surface area contributed by atoms with Gasteiger partial charge in [0.25, 0.3) is 0 Å². The molecule has 0 unspecified atom stereocenters. The van der Waals surface area contributed by atoms with E-state index in [1.165, 1.54) is 23.5 Å². The van der Waals surface area contributed by atoms with Crippen LogP contribution in [0.4, 0.5) is 8.78 Å². The Labute approximate surface area is 116 Å². The van der Waals surface area contributed by atoms with Crippen molar-refractivity contribution in [1.29, 1.82) is 0 Å². The minimum atomic E-state index is -0.334. The lowest BCUT2D eigenvalue weighted by Crippen LogP contribution is -2.21. The molecule has 2 rings (SSSR count). The molecule has 0 saturated carbocycles. The molecule has 1 aromatic heterocycles. The number of rotatable bonds is 4. The topological polar surface area (TPSA) is 12.0 Å². The Morgan fingerprint density at radius 2 is 1.74 bits per heavy atom. The Bertz CT molecular complexity index is 587. The summed E-state index contributed by atoms with van der Waals surface area (Å²) in [5, 5.41) is 3.78. The van der Waals surface area contributed by atoms with Gasteiger partial charge in [0, 0.05) is 22.8 Å². The van der Waals surface area contributed by atoms with E-state index >= 15 is 0 Å². The average molecular weight is 283 g/mol. The average Bonchev–Trinajstić information content (AvgIpc) is 2.72. The van der Waals surface area contributed by atoms with E-state index in [9.17, 15) is 8.78 Å².